The third-order valence-electron chi connectivity index (χ3n) is 3.81. The highest BCUT2D eigenvalue weighted by Gasteiger charge is 2.31. The molecule has 1 aromatic heterocycles. The third kappa shape index (κ3) is 2.60. The van der Waals surface area contributed by atoms with Crippen LogP contribution in [0.2, 0.25) is 0 Å². The number of aromatic nitrogens is 2. The SMILES string of the molecule is CC(C)(C)n1nc(C(=O)O)c(C2CCCCC2)c1N. The van der Waals surface area contributed by atoms with E-state index in [9.17, 15) is 9.90 Å². The van der Waals surface area contributed by atoms with Gasteiger partial charge in [-0.1, -0.05) is 19.3 Å². The van der Waals surface area contributed by atoms with Crippen molar-refractivity contribution < 1.29 is 9.90 Å². The first-order valence-electron chi connectivity index (χ1n) is 6.94. The number of rotatable bonds is 2. The molecular weight excluding hydrogens is 242 g/mol. The van der Waals surface area contributed by atoms with Crippen molar-refractivity contribution >= 4 is 11.8 Å². The van der Waals surface area contributed by atoms with Crippen LogP contribution in [0.4, 0.5) is 5.82 Å². The molecule has 1 heterocycles. The maximum absolute atomic E-state index is 11.4. The number of nitrogens with zero attached hydrogens (tertiary/aromatic N) is 2. The summed E-state index contributed by atoms with van der Waals surface area (Å²) in [6.45, 7) is 5.94. The molecule has 1 aromatic rings. The zero-order chi connectivity index (χ0) is 14.2. The van der Waals surface area contributed by atoms with E-state index in [-0.39, 0.29) is 17.2 Å². The van der Waals surface area contributed by atoms with Gasteiger partial charge in [-0.25, -0.2) is 9.48 Å². The van der Waals surface area contributed by atoms with Gasteiger partial charge in [-0.15, -0.1) is 0 Å². The predicted molar refractivity (Wildman–Crippen MR) is 74.4 cm³/mol. The lowest BCUT2D eigenvalue weighted by Crippen LogP contribution is -2.25. The van der Waals surface area contributed by atoms with Crippen molar-refractivity contribution in [3.05, 3.63) is 11.3 Å². The summed E-state index contributed by atoms with van der Waals surface area (Å²) in [5.41, 5.74) is 6.78. The molecule has 1 aliphatic rings. The summed E-state index contributed by atoms with van der Waals surface area (Å²) >= 11 is 0. The zero-order valence-corrected chi connectivity index (χ0v) is 11.9. The summed E-state index contributed by atoms with van der Waals surface area (Å²) in [4.78, 5) is 11.4. The molecule has 1 aliphatic carbocycles. The molecule has 0 spiro atoms. The molecule has 1 saturated carbocycles. The molecule has 5 nitrogen and oxygen atoms in total. The van der Waals surface area contributed by atoms with Gasteiger partial charge in [0.2, 0.25) is 0 Å². The first-order chi connectivity index (χ1) is 8.82. The van der Waals surface area contributed by atoms with Crippen molar-refractivity contribution in [1.29, 1.82) is 0 Å². The van der Waals surface area contributed by atoms with Crippen molar-refractivity contribution in [2.45, 2.75) is 64.3 Å². The normalized spacial score (nSPS) is 17.6. The highest BCUT2D eigenvalue weighted by atomic mass is 16.4. The Hall–Kier alpha value is -1.52. The molecule has 106 valence electrons. The maximum atomic E-state index is 11.4. The lowest BCUT2D eigenvalue weighted by molar-refractivity contribution is 0.0686. The maximum Gasteiger partial charge on any atom is 0.356 e. The van der Waals surface area contributed by atoms with Crippen LogP contribution in [0.5, 0.6) is 0 Å². The second-order valence-corrected chi connectivity index (χ2v) is 6.37. The second kappa shape index (κ2) is 4.87. The number of carboxylic acid groups (broad SMARTS) is 1. The van der Waals surface area contributed by atoms with E-state index in [4.69, 9.17) is 5.73 Å². The van der Waals surface area contributed by atoms with E-state index >= 15 is 0 Å². The highest BCUT2D eigenvalue weighted by molar-refractivity contribution is 5.89. The van der Waals surface area contributed by atoms with E-state index in [1.165, 1.54) is 6.42 Å². The van der Waals surface area contributed by atoms with Gasteiger partial charge in [0.05, 0.1) is 5.54 Å². The van der Waals surface area contributed by atoms with Gasteiger partial charge in [-0.3, -0.25) is 0 Å². The molecule has 0 unspecified atom stereocenters. The molecule has 0 saturated heterocycles. The largest absolute Gasteiger partial charge is 0.476 e. The highest BCUT2D eigenvalue weighted by Crippen LogP contribution is 2.38. The first-order valence-corrected chi connectivity index (χ1v) is 6.94. The fourth-order valence-electron chi connectivity index (χ4n) is 2.91. The van der Waals surface area contributed by atoms with Crippen molar-refractivity contribution in [3.63, 3.8) is 0 Å². The van der Waals surface area contributed by atoms with Crippen molar-refractivity contribution in [1.82, 2.24) is 9.78 Å². The number of nitrogens with two attached hydrogens (primary N) is 1. The van der Waals surface area contributed by atoms with Gasteiger partial charge in [0.25, 0.3) is 0 Å². The van der Waals surface area contributed by atoms with E-state index in [1.54, 1.807) is 4.68 Å². The van der Waals surface area contributed by atoms with Gasteiger partial charge in [0.15, 0.2) is 5.69 Å². The topological polar surface area (TPSA) is 81.1 Å². The summed E-state index contributed by atoms with van der Waals surface area (Å²) < 4.78 is 1.65. The molecule has 0 amide bonds. The minimum absolute atomic E-state index is 0.138. The molecule has 0 aromatic carbocycles. The summed E-state index contributed by atoms with van der Waals surface area (Å²) in [5.74, 6) is -0.206. The van der Waals surface area contributed by atoms with Crippen LogP contribution >= 0.6 is 0 Å². The molecule has 0 bridgehead atoms. The Kier molecular flexibility index (Phi) is 3.56. The van der Waals surface area contributed by atoms with E-state index in [2.05, 4.69) is 5.10 Å². The molecule has 1 fully saturated rings. The van der Waals surface area contributed by atoms with Crippen LogP contribution in [0.1, 0.15) is 74.8 Å². The summed E-state index contributed by atoms with van der Waals surface area (Å²) in [6.07, 6.45) is 5.54. The average molecular weight is 265 g/mol. The summed E-state index contributed by atoms with van der Waals surface area (Å²) in [5, 5.41) is 13.6. The van der Waals surface area contributed by atoms with E-state index in [0.717, 1.165) is 31.2 Å². The number of aromatic carboxylic acids is 1. The van der Waals surface area contributed by atoms with Crippen LogP contribution in [0.3, 0.4) is 0 Å². The van der Waals surface area contributed by atoms with Gasteiger partial charge in [-0.2, -0.15) is 5.10 Å². The molecule has 3 N–H and O–H groups in total. The average Bonchev–Trinajstić information content (AvgIpc) is 2.68. The number of hydrogen-bond donors (Lipinski definition) is 2. The van der Waals surface area contributed by atoms with Crippen molar-refractivity contribution in [3.8, 4) is 0 Å². The number of hydrogen-bond acceptors (Lipinski definition) is 3. The zero-order valence-electron chi connectivity index (χ0n) is 11.9. The van der Waals surface area contributed by atoms with Gasteiger partial charge >= 0.3 is 5.97 Å². The van der Waals surface area contributed by atoms with Crippen LogP contribution in [-0.4, -0.2) is 20.9 Å². The summed E-state index contributed by atoms with van der Waals surface area (Å²) in [6, 6.07) is 0. The molecule has 5 heteroatoms. The Bertz CT molecular complexity index is 480. The first kappa shape index (κ1) is 13.9. The third-order valence-corrected chi connectivity index (χ3v) is 3.81. The molecular formula is C14H23N3O2. The second-order valence-electron chi connectivity index (χ2n) is 6.37. The van der Waals surface area contributed by atoms with E-state index in [0.29, 0.717) is 5.82 Å². The number of nitrogen functional groups attached to an aromatic ring is 1. The quantitative estimate of drug-likeness (QED) is 0.861. The Morgan fingerprint density at radius 2 is 1.89 bits per heavy atom. The predicted octanol–water partition coefficient (Wildman–Crippen LogP) is 2.97. The standard InChI is InChI=1S/C14H23N3O2/c1-14(2,3)17-12(15)10(11(16-17)13(18)19)9-7-5-4-6-8-9/h9H,4-8,15H2,1-3H3,(H,18,19). The fourth-order valence-corrected chi connectivity index (χ4v) is 2.91. The van der Waals surface area contributed by atoms with Gasteiger partial charge in [0.1, 0.15) is 5.82 Å². The Morgan fingerprint density at radius 3 is 2.37 bits per heavy atom. The van der Waals surface area contributed by atoms with Crippen LogP contribution in [0.25, 0.3) is 0 Å². The van der Waals surface area contributed by atoms with E-state index < -0.39 is 5.97 Å². The molecule has 0 aliphatic heterocycles. The van der Waals surface area contributed by atoms with Gasteiger partial charge in [0, 0.05) is 5.56 Å². The number of anilines is 1. The number of carbonyl (C=O) groups is 1. The monoisotopic (exact) mass is 265 g/mol. The van der Waals surface area contributed by atoms with Crippen molar-refractivity contribution in [2.75, 3.05) is 5.73 Å². The fraction of sp³-hybridized carbons (Fsp3) is 0.714. The van der Waals surface area contributed by atoms with Crippen LogP contribution in [0.15, 0.2) is 0 Å². The van der Waals surface area contributed by atoms with Gasteiger partial charge in [-0.05, 0) is 39.5 Å². The minimum atomic E-state index is -0.977. The van der Waals surface area contributed by atoms with E-state index in [1.807, 2.05) is 20.8 Å². The molecule has 0 atom stereocenters. The molecule has 19 heavy (non-hydrogen) atoms. The number of carboxylic acids is 1. The smallest absolute Gasteiger partial charge is 0.356 e. The molecule has 2 rings (SSSR count). The summed E-state index contributed by atoms with van der Waals surface area (Å²) in [7, 11) is 0. The lowest BCUT2D eigenvalue weighted by Gasteiger charge is -2.24. The van der Waals surface area contributed by atoms with Gasteiger partial charge < -0.3 is 10.8 Å². The lowest BCUT2D eigenvalue weighted by atomic mass is 9.83. The Morgan fingerprint density at radius 1 is 1.32 bits per heavy atom. The Balaban J connectivity index is 2.51. The van der Waals surface area contributed by atoms with Crippen LogP contribution in [0, 0.1) is 0 Å². The Labute approximate surface area is 113 Å². The van der Waals surface area contributed by atoms with Crippen LogP contribution < -0.4 is 5.73 Å². The minimum Gasteiger partial charge on any atom is -0.476 e. The molecule has 0 radical (unpaired) electrons. The van der Waals surface area contributed by atoms with Crippen LogP contribution in [-0.2, 0) is 5.54 Å². The van der Waals surface area contributed by atoms with Crippen molar-refractivity contribution in [2.24, 2.45) is 0 Å².